The van der Waals surface area contributed by atoms with Gasteiger partial charge in [0.2, 0.25) is 6.41 Å². The molecule has 1 amide bonds. The minimum absolute atomic E-state index is 0.0482. The van der Waals surface area contributed by atoms with Crippen molar-refractivity contribution in [2.45, 2.75) is 45.8 Å². The van der Waals surface area contributed by atoms with Gasteiger partial charge in [0.1, 0.15) is 23.3 Å². The maximum absolute atomic E-state index is 14.4. The number of allylic oxidation sites excluding steroid dienone is 1. The molecule has 33 heavy (non-hydrogen) atoms. The van der Waals surface area contributed by atoms with Gasteiger partial charge < -0.3 is 15.4 Å². The van der Waals surface area contributed by atoms with Crippen LogP contribution in [0.15, 0.2) is 24.0 Å². The number of aromatic nitrogens is 2. The number of carbonyl (C=O) groups excluding carboxylic acids is 1. The molecule has 0 radical (unpaired) electrons. The Kier molecular flexibility index (Phi) is 8.43. The number of hydrogen-bond donors (Lipinski definition) is 2. The van der Waals surface area contributed by atoms with Crippen LogP contribution in [0.3, 0.4) is 0 Å². The highest BCUT2D eigenvalue weighted by Crippen LogP contribution is 2.28. The fourth-order valence-corrected chi connectivity index (χ4v) is 4.75. The molecule has 0 aliphatic carbocycles. The van der Waals surface area contributed by atoms with Crippen molar-refractivity contribution in [3.63, 3.8) is 0 Å². The maximum atomic E-state index is 14.4. The molecule has 3 rings (SSSR count). The molecule has 0 bridgehead atoms. The molecular weight excluding hydrogens is 457 g/mol. The summed E-state index contributed by atoms with van der Waals surface area (Å²) in [5.74, 6) is 1.55. The Morgan fingerprint density at radius 2 is 1.97 bits per heavy atom. The van der Waals surface area contributed by atoms with Gasteiger partial charge in [0.05, 0.1) is 23.0 Å². The number of halogens is 3. The molecule has 0 spiro atoms. The second kappa shape index (κ2) is 11.3. The van der Waals surface area contributed by atoms with Crippen molar-refractivity contribution >= 4 is 34.9 Å². The molecule has 1 aromatic carbocycles. The molecule has 0 saturated carbocycles. The van der Waals surface area contributed by atoms with Crippen molar-refractivity contribution in [1.82, 2.24) is 9.97 Å². The highest BCUT2D eigenvalue weighted by molar-refractivity contribution is 7.85. The quantitative estimate of drug-likeness (QED) is 0.408. The van der Waals surface area contributed by atoms with Crippen molar-refractivity contribution in [3.8, 4) is 0 Å². The molecule has 0 unspecified atom stereocenters. The smallest absolute Gasteiger partial charge is 0.266 e. The zero-order valence-corrected chi connectivity index (χ0v) is 19.1. The van der Waals surface area contributed by atoms with Gasteiger partial charge in [-0.15, -0.1) is 0 Å². The Hall–Kier alpha value is -2.95. The number of nitrogens with one attached hydrogen (secondary N) is 2. The van der Waals surface area contributed by atoms with Crippen molar-refractivity contribution in [3.05, 3.63) is 52.3 Å². The molecule has 11 heteroatoms. The summed E-state index contributed by atoms with van der Waals surface area (Å²) in [6, 6.07) is 3.81. The lowest BCUT2D eigenvalue weighted by Gasteiger charge is -2.23. The lowest BCUT2D eigenvalue weighted by atomic mass is 10.1. The van der Waals surface area contributed by atoms with Gasteiger partial charge in [0.25, 0.3) is 6.43 Å². The van der Waals surface area contributed by atoms with E-state index >= 15 is 0 Å². The summed E-state index contributed by atoms with van der Waals surface area (Å²) in [4.78, 5) is 19.7. The zero-order valence-electron chi connectivity index (χ0n) is 18.2. The summed E-state index contributed by atoms with van der Waals surface area (Å²) in [5.41, 5.74) is -0.226. The molecule has 2 N–H and O–H groups in total. The van der Waals surface area contributed by atoms with Gasteiger partial charge >= 0.3 is 0 Å². The molecule has 1 aromatic heterocycles. The lowest BCUT2D eigenvalue weighted by molar-refractivity contribution is -0.105. The Balaban J connectivity index is 1.87. The van der Waals surface area contributed by atoms with E-state index in [1.165, 1.54) is 12.1 Å². The first-order chi connectivity index (χ1) is 15.8. The number of alkyl halides is 2. The predicted molar refractivity (Wildman–Crippen MR) is 121 cm³/mol. The molecule has 0 atom stereocenters. The molecule has 1 aliphatic heterocycles. The minimum atomic E-state index is -2.93. The van der Waals surface area contributed by atoms with E-state index in [1.807, 2.05) is 0 Å². The fourth-order valence-electron chi connectivity index (χ4n) is 3.49. The van der Waals surface area contributed by atoms with E-state index in [0.717, 1.165) is 6.07 Å². The SMILES string of the molecule is C/C(=C\c1c(NC=O)nc(C)nc1NCc1cccc(C(F)F)c1F)OC1CCS(=O)CC1. The van der Waals surface area contributed by atoms with Crippen molar-refractivity contribution < 1.29 is 26.9 Å². The molecule has 2 heterocycles. The van der Waals surface area contributed by atoms with Gasteiger partial charge in [-0.2, -0.15) is 0 Å². The van der Waals surface area contributed by atoms with Crippen LogP contribution in [0.2, 0.25) is 0 Å². The number of amides is 1. The van der Waals surface area contributed by atoms with E-state index in [4.69, 9.17) is 4.74 Å². The summed E-state index contributed by atoms with van der Waals surface area (Å²) >= 11 is 0. The summed E-state index contributed by atoms with van der Waals surface area (Å²) in [6.07, 6.45) is 0.464. The van der Waals surface area contributed by atoms with Crippen LogP contribution in [-0.2, 0) is 26.9 Å². The number of nitrogens with zero attached hydrogens (tertiary/aromatic N) is 2. The molecule has 7 nitrogen and oxygen atoms in total. The molecule has 178 valence electrons. The third-order valence-electron chi connectivity index (χ3n) is 5.08. The van der Waals surface area contributed by atoms with Crippen LogP contribution in [0.4, 0.5) is 24.8 Å². The molecule has 1 saturated heterocycles. The van der Waals surface area contributed by atoms with E-state index in [9.17, 15) is 22.2 Å². The topological polar surface area (TPSA) is 93.2 Å². The Morgan fingerprint density at radius 1 is 1.27 bits per heavy atom. The van der Waals surface area contributed by atoms with Gasteiger partial charge in [-0.3, -0.25) is 9.00 Å². The van der Waals surface area contributed by atoms with Gasteiger partial charge in [-0.25, -0.2) is 23.1 Å². The zero-order chi connectivity index (χ0) is 24.0. The van der Waals surface area contributed by atoms with E-state index < -0.39 is 28.6 Å². The van der Waals surface area contributed by atoms with Crippen LogP contribution < -0.4 is 10.6 Å². The number of benzene rings is 1. The summed E-state index contributed by atoms with van der Waals surface area (Å²) in [7, 11) is -0.810. The second-order valence-electron chi connectivity index (χ2n) is 7.54. The molecule has 1 aliphatic rings. The van der Waals surface area contributed by atoms with Crippen LogP contribution in [0.25, 0.3) is 6.08 Å². The predicted octanol–water partition coefficient (Wildman–Crippen LogP) is 4.33. The number of carbonyl (C=O) groups is 1. The number of anilines is 2. The van der Waals surface area contributed by atoms with Gasteiger partial charge in [-0.05, 0) is 32.8 Å². The van der Waals surface area contributed by atoms with E-state index in [0.29, 0.717) is 47.9 Å². The lowest BCUT2D eigenvalue weighted by Crippen LogP contribution is -2.24. The maximum Gasteiger partial charge on any atom is 0.266 e. The number of rotatable bonds is 9. The van der Waals surface area contributed by atoms with E-state index in [2.05, 4.69) is 20.6 Å². The third kappa shape index (κ3) is 6.53. The second-order valence-corrected chi connectivity index (χ2v) is 9.23. The Labute approximate surface area is 192 Å². The summed E-state index contributed by atoms with van der Waals surface area (Å²) in [5, 5.41) is 5.48. The fraction of sp³-hybridized carbons (Fsp3) is 0.409. The summed E-state index contributed by atoms with van der Waals surface area (Å²) < 4.78 is 58.0. The standard InChI is InChI=1S/C22H25F3N4O3S/c1-13(32-16-6-8-33(31)9-7-16)10-18-21(28-14(2)29-22(18)27-12-30)26-11-15-4-3-5-17(19(15)23)20(24)25/h3-5,10,12,16,20H,6-9,11H2,1-2H3,(H2,26,27,28,29,30)/b13-10+. The average Bonchev–Trinajstić information content (AvgIpc) is 2.76. The highest BCUT2D eigenvalue weighted by Gasteiger charge is 2.20. The van der Waals surface area contributed by atoms with Crippen LogP contribution >= 0.6 is 0 Å². The van der Waals surface area contributed by atoms with Crippen LogP contribution in [-0.4, -0.2) is 38.2 Å². The normalized spacial score (nSPS) is 18.8. The first-order valence-corrected chi connectivity index (χ1v) is 11.8. The average molecular weight is 483 g/mol. The third-order valence-corrected chi connectivity index (χ3v) is 6.46. The van der Waals surface area contributed by atoms with Crippen LogP contribution in [0.1, 0.15) is 48.7 Å². The molecule has 2 aromatic rings. The minimum Gasteiger partial charge on any atom is -0.495 e. The number of hydrogen-bond acceptors (Lipinski definition) is 6. The largest absolute Gasteiger partial charge is 0.495 e. The number of aryl methyl sites for hydroxylation is 1. The molecular formula is C22H25F3N4O3S. The summed E-state index contributed by atoms with van der Waals surface area (Å²) in [6.45, 7) is 3.25. The Morgan fingerprint density at radius 3 is 2.64 bits per heavy atom. The van der Waals surface area contributed by atoms with Gasteiger partial charge in [-0.1, -0.05) is 18.2 Å². The van der Waals surface area contributed by atoms with Crippen LogP contribution in [0.5, 0.6) is 0 Å². The van der Waals surface area contributed by atoms with E-state index in [-0.39, 0.29) is 29.8 Å². The first-order valence-electron chi connectivity index (χ1n) is 10.4. The monoisotopic (exact) mass is 482 g/mol. The first kappa shape index (κ1) is 24.7. The van der Waals surface area contributed by atoms with Crippen molar-refractivity contribution in [1.29, 1.82) is 0 Å². The van der Waals surface area contributed by atoms with Gasteiger partial charge in [0, 0.05) is 34.4 Å². The van der Waals surface area contributed by atoms with Crippen molar-refractivity contribution in [2.75, 3.05) is 22.1 Å². The molecule has 1 fully saturated rings. The van der Waals surface area contributed by atoms with E-state index in [1.54, 1.807) is 19.9 Å². The number of ether oxygens (including phenoxy) is 1. The van der Waals surface area contributed by atoms with Gasteiger partial charge in [0.15, 0.2) is 0 Å². The van der Waals surface area contributed by atoms with Crippen molar-refractivity contribution in [2.24, 2.45) is 0 Å². The highest BCUT2D eigenvalue weighted by atomic mass is 32.2. The Bertz CT molecular complexity index is 1060. The van der Waals surface area contributed by atoms with Crippen LogP contribution in [0, 0.1) is 12.7 Å².